The molecule has 28 unspecified atom stereocenters. The van der Waals surface area contributed by atoms with Crippen molar-refractivity contribution in [3.63, 3.8) is 0 Å². The number of ether oxygens (including phenoxy) is 11. The summed E-state index contributed by atoms with van der Waals surface area (Å²) in [6, 6.07) is 0. The molecule has 35 atom stereocenters. The van der Waals surface area contributed by atoms with Crippen LogP contribution >= 0.6 is 0 Å². The average Bonchev–Trinajstić information content (AvgIpc) is 1.69. The number of fused-ring (bicyclic) bond motifs is 5. The molecular weight excluding hydrogens is 1160 g/mol. The number of aliphatic hydroxyl groups excluding tert-OH is 11. The first-order chi connectivity index (χ1) is 39.2. The molecule has 0 radical (unpaired) electrons. The van der Waals surface area contributed by atoms with Crippen LogP contribution in [0.15, 0.2) is 11.6 Å². The van der Waals surface area contributed by atoms with E-state index in [4.69, 9.17) is 56.3 Å². The van der Waals surface area contributed by atoms with E-state index < -0.39 is 194 Å². The van der Waals surface area contributed by atoms with Crippen molar-refractivity contribution in [3.8, 4) is 0 Å². The van der Waals surface area contributed by atoms with Crippen LogP contribution in [0.2, 0.25) is 0 Å². The first-order valence-electron chi connectivity index (χ1n) is 30.0. The molecule has 12 N–H and O–H groups in total. The molecule has 10 rings (SSSR count). The molecular formula is C56H91NaO27S. The molecule has 484 valence electrons. The van der Waals surface area contributed by atoms with E-state index in [0.717, 1.165) is 19.3 Å². The first kappa shape index (κ1) is 69.0. The third-order valence-corrected chi connectivity index (χ3v) is 21.4. The molecule has 0 aromatic carbocycles. The van der Waals surface area contributed by atoms with Crippen molar-refractivity contribution in [2.75, 3.05) is 6.61 Å². The minimum atomic E-state index is -5.11. The number of rotatable bonds is 16. The van der Waals surface area contributed by atoms with Gasteiger partial charge < -0.3 is 118 Å². The second-order valence-electron chi connectivity index (χ2n) is 26.9. The fourth-order valence-corrected chi connectivity index (χ4v) is 16.6. The fraction of sp³-hybridized carbons (Fsp3) is 0.964. The molecule has 6 heterocycles. The maximum absolute atomic E-state index is 12.4. The standard InChI is InChI=1S/C56H92O27S.Na/c1-20(2)16-31-48(77-31)56(9,68)33-11-10-27-26-18-30(29-17-25(83-84(69,70)71)12-14-54(29,7)28(26)13-15-55(27,33)8)78-51-44(67)45(37(60)24(6)75-51)80-52-46(81-49-42(65)39(62)34(57)21(3)73-49)38(61)32(19-72-52)79-53-47(41(64)36(59)23(5)76-53)82-50-43(66)40(63)35(58)22(4)74-50;/h13,20-27,29-53,57-68H,10-12,14-19H2,1-9H3,(H,69,70,71);/q;+1/p-1/t21?,22?,23?,24?,25-,26?,27?,29?,30-,31?,32?,33-,34?,35?,36?,37?,38?,39?,40?,41?,42?,43?,44?,45?,46?,47?,48+,49?,50?,51?,52?,53?,54+,55-,56+;/m0./s1. The van der Waals surface area contributed by atoms with Crippen LogP contribution in [0.25, 0.3) is 0 Å². The summed E-state index contributed by atoms with van der Waals surface area (Å²) in [5, 5.41) is 135. The third-order valence-electron chi connectivity index (χ3n) is 20.9. The summed E-state index contributed by atoms with van der Waals surface area (Å²) in [6.45, 7) is 15.6. The van der Waals surface area contributed by atoms with E-state index >= 15 is 0 Å². The molecule has 10 aliphatic rings. The molecule has 0 aromatic rings. The van der Waals surface area contributed by atoms with Crippen molar-refractivity contribution >= 4 is 10.4 Å². The van der Waals surface area contributed by atoms with Crippen molar-refractivity contribution in [2.45, 2.75) is 291 Å². The number of hydrogen-bond acceptors (Lipinski definition) is 27. The van der Waals surface area contributed by atoms with Crippen molar-refractivity contribution in [1.82, 2.24) is 0 Å². The Kier molecular flexibility index (Phi) is 21.3. The Morgan fingerprint density at radius 2 is 1.13 bits per heavy atom. The van der Waals surface area contributed by atoms with E-state index in [-0.39, 0.29) is 77.8 Å². The minimum absolute atomic E-state index is 0. The van der Waals surface area contributed by atoms with Gasteiger partial charge in [0.1, 0.15) is 97.7 Å². The van der Waals surface area contributed by atoms with Gasteiger partial charge in [-0.2, -0.15) is 0 Å². The zero-order valence-corrected chi connectivity index (χ0v) is 52.7. The quantitative estimate of drug-likeness (QED) is 0.0226. The van der Waals surface area contributed by atoms with Crippen LogP contribution in [0, 0.1) is 40.4 Å². The van der Waals surface area contributed by atoms with Gasteiger partial charge in [0.15, 0.2) is 31.5 Å². The van der Waals surface area contributed by atoms with Crippen LogP contribution in [0.3, 0.4) is 0 Å². The number of aliphatic hydroxyl groups is 12. The third kappa shape index (κ3) is 13.3. The number of epoxide rings is 1. The second-order valence-corrected chi connectivity index (χ2v) is 27.9. The molecule has 6 saturated heterocycles. The van der Waals surface area contributed by atoms with Crippen LogP contribution < -0.4 is 29.6 Å². The van der Waals surface area contributed by atoms with Crippen LogP contribution in [-0.4, -0.2) is 258 Å². The summed E-state index contributed by atoms with van der Waals surface area (Å²) in [5.41, 5.74) is -0.903. The SMILES string of the molecule is CC(C)CC1O[C@H]1[C@](C)(O)[C@H]1CCC2C3C[C@H](OC4OC(C)C(O)C(OC5OCC(OC6OC(C)C(O)C(O)C6OC6OC(C)C(O)C(O)C6O)C(O)C5OC5OC(C)C(O)C(O)C5O)C4O)C4C[C@@H](OS(=O)(=O)[O-])CC[C@]4(C)C3=CC[C@@]21C.[Na+]. The Morgan fingerprint density at radius 3 is 1.71 bits per heavy atom. The zero-order chi connectivity index (χ0) is 61.2. The summed E-state index contributed by atoms with van der Waals surface area (Å²) in [4.78, 5) is 0. The van der Waals surface area contributed by atoms with Gasteiger partial charge in [-0.3, -0.25) is 4.18 Å². The topological polar surface area (TPSA) is 414 Å². The molecule has 0 bridgehead atoms. The van der Waals surface area contributed by atoms with E-state index in [1.165, 1.54) is 33.3 Å². The van der Waals surface area contributed by atoms with Crippen LogP contribution in [0.1, 0.15) is 114 Å². The van der Waals surface area contributed by atoms with E-state index in [1.54, 1.807) is 0 Å². The largest absolute Gasteiger partial charge is 1.00 e. The van der Waals surface area contributed by atoms with Gasteiger partial charge in [0.05, 0.1) is 54.9 Å². The first-order valence-corrected chi connectivity index (χ1v) is 31.3. The maximum Gasteiger partial charge on any atom is 1.00 e. The second kappa shape index (κ2) is 26.2. The van der Waals surface area contributed by atoms with Gasteiger partial charge in [0.25, 0.3) is 0 Å². The molecule has 85 heavy (non-hydrogen) atoms. The van der Waals surface area contributed by atoms with E-state index in [9.17, 15) is 74.2 Å². The Balaban J connectivity index is 0.00000865. The predicted octanol–water partition coefficient (Wildman–Crippen LogP) is -5.18. The summed E-state index contributed by atoms with van der Waals surface area (Å²) < 4.78 is 109. The Bertz CT molecular complexity index is 2410. The van der Waals surface area contributed by atoms with Crippen molar-refractivity contribution in [2.24, 2.45) is 40.4 Å². The molecule has 0 amide bonds. The van der Waals surface area contributed by atoms with Crippen molar-refractivity contribution in [3.05, 3.63) is 11.6 Å². The Hall–Kier alpha value is -0.310. The molecule has 0 aromatic heterocycles. The summed E-state index contributed by atoms with van der Waals surface area (Å²) in [5.74, 6) is -0.235. The molecule has 29 heteroatoms. The predicted molar refractivity (Wildman–Crippen MR) is 281 cm³/mol. The van der Waals surface area contributed by atoms with Gasteiger partial charge in [-0.05, 0) is 126 Å². The van der Waals surface area contributed by atoms with Gasteiger partial charge >= 0.3 is 29.6 Å². The van der Waals surface area contributed by atoms with Crippen LogP contribution in [0.4, 0.5) is 0 Å². The monoisotopic (exact) mass is 1250 g/mol. The number of hydrogen-bond donors (Lipinski definition) is 12. The molecule has 27 nitrogen and oxygen atoms in total. The van der Waals surface area contributed by atoms with E-state index in [0.29, 0.717) is 25.2 Å². The number of allylic oxidation sites excluding steroid dienone is 2. The summed E-state index contributed by atoms with van der Waals surface area (Å²) in [6.07, 6.45) is -34.7. The minimum Gasteiger partial charge on any atom is -0.726 e. The smallest absolute Gasteiger partial charge is 0.726 e. The van der Waals surface area contributed by atoms with Gasteiger partial charge in [-0.1, -0.05) is 39.3 Å². The molecule has 3 saturated carbocycles. The van der Waals surface area contributed by atoms with Gasteiger partial charge in [0, 0.05) is 0 Å². The molecule has 6 aliphatic heterocycles. The normalized spacial score (nSPS) is 53.6. The molecule has 4 aliphatic carbocycles. The van der Waals surface area contributed by atoms with Crippen LogP contribution in [0.5, 0.6) is 0 Å². The van der Waals surface area contributed by atoms with Gasteiger partial charge in [-0.15, -0.1) is 0 Å². The fourth-order valence-electron chi connectivity index (χ4n) is 16.1. The Morgan fingerprint density at radius 1 is 0.612 bits per heavy atom. The van der Waals surface area contributed by atoms with Gasteiger partial charge in [-0.25, -0.2) is 8.42 Å². The van der Waals surface area contributed by atoms with Crippen molar-refractivity contribution < 1.29 is 160 Å². The molecule has 0 spiro atoms. The molecule has 9 fully saturated rings. The Labute approximate surface area is 517 Å². The van der Waals surface area contributed by atoms with Gasteiger partial charge in [0.2, 0.25) is 10.4 Å². The zero-order valence-electron chi connectivity index (χ0n) is 49.9. The summed E-state index contributed by atoms with van der Waals surface area (Å²) in [7, 11) is -5.11. The van der Waals surface area contributed by atoms with Crippen LogP contribution in [-0.2, 0) is 66.7 Å². The average molecular weight is 1250 g/mol. The van der Waals surface area contributed by atoms with E-state index in [1.807, 2.05) is 6.92 Å². The maximum atomic E-state index is 12.4. The van der Waals surface area contributed by atoms with E-state index in [2.05, 4.69) is 33.8 Å². The van der Waals surface area contributed by atoms with Crippen molar-refractivity contribution in [1.29, 1.82) is 0 Å². The summed E-state index contributed by atoms with van der Waals surface area (Å²) >= 11 is 0.